The van der Waals surface area contributed by atoms with Crippen molar-refractivity contribution < 1.29 is 0 Å². The van der Waals surface area contributed by atoms with E-state index in [0.29, 0.717) is 0 Å². The predicted octanol–water partition coefficient (Wildman–Crippen LogP) is 3.92. The molecule has 0 aromatic heterocycles. The SMILES string of the molecule is [CH]=Cc1ccc(CCc2ccccc2)cc1. The molecule has 0 atom stereocenters. The van der Waals surface area contributed by atoms with Crippen LogP contribution < -0.4 is 0 Å². The molecule has 0 heterocycles. The van der Waals surface area contributed by atoms with Crippen molar-refractivity contribution in [3.05, 3.63) is 77.9 Å². The minimum atomic E-state index is 1.07. The quantitative estimate of drug-likeness (QED) is 0.713. The second-order valence-corrected chi connectivity index (χ2v) is 3.89. The Morgan fingerprint density at radius 2 is 1.31 bits per heavy atom. The molecule has 0 amide bonds. The van der Waals surface area contributed by atoms with Crippen molar-refractivity contribution in [1.82, 2.24) is 0 Å². The first-order chi connectivity index (χ1) is 7.88. The molecule has 0 unspecified atom stereocenters. The highest BCUT2D eigenvalue weighted by Crippen LogP contribution is 2.09. The van der Waals surface area contributed by atoms with Gasteiger partial charge < -0.3 is 0 Å². The Morgan fingerprint density at radius 3 is 1.88 bits per heavy atom. The molecular formula is C16H15. The maximum atomic E-state index is 5.44. The Bertz CT molecular complexity index is 437. The molecule has 0 bridgehead atoms. The fourth-order valence-electron chi connectivity index (χ4n) is 1.73. The van der Waals surface area contributed by atoms with Crippen LogP contribution in [0.1, 0.15) is 16.7 Å². The molecule has 2 rings (SSSR count). The van der Waals surface area contributed by atoms with Gasteiger partial charge in [-0.3, -0.25) is 0 Å². The first-order valence-electron chi connectivity index (χ1n) is 5.56. The van der Waals surface area contributed by atoms with E-state index >= 15 is 0 Å². The van der Waals surface area contributed by atoms with Crippen molar-refractivity contribution in [3.8, 4) is 0 Å². The molecule has 0 heteroatoms. The molecule has 2 aromatic carbocycles. The smallest absolute Gasteiger partial charge is 0.0238 e. The summed E-state index contributed by atoms with van der Waals surface area (Å²) in [5, 5.41) is 0. The summed E-state index contributed by atoms with van der Waals surface area (Å²) in [6.07, 6.45) is 3.79. The van der Waals surface area contributed by atoms with Gasteiger partial charge in [-0.2, -0.15) is 0 Å². The van der Waals surface area contributed by atoms with Crippen molar-refractivity contribution in [2.45, 2.75) is 12.8 Å². The van der Waals surface area contributed by atoms with Crippen molar-refractivity contribution in [1.29, 1.82) is 0 Å². The Kier molecular flexibility index (Phi) is 3.55. The molecule has 0 aliphatic heterocycles. The van der Waals surface area contributed by atoms with E-state index in [1.165, 1.54) is 11.1 Å². The highest BCUT2D eigenvalue weighted by molar-refractivity contribution is 5.46. The van der Waals surface area contributed by atoms with Crippen LogP contribution in [0.4, 0.5) is 0 Å². The van der Waals surface area contributed by atoms with Gasteiger partial charge >= 0.3 is 0 Å². The van der Waals surface area contributed by atoms with Crippen LogP contribution >= 0.6 is 0 Å². The van der Waals surface area contributed by atoms with Crippen LogP contribution in [-0.2, 0) is 12.8 Å². The van der Waals surface area contributed by atoms with Gasteiger partial charge in [-0.05, 0) is 29.5 Å². The summed E-state index contributed by atoms with van der Waals surface area (Å²) in [6, 6.07) is 19.0. The van der Waals surface area contributed by atoms with Gasteiger partial charge in [0.15, 0.2) is 0 Å². The number of rotatable bonds is 4. The second-order valence-electron chi connectivity index (χ2n) is 3.89. The Hall–Kier alpha value is -1.82. The van der Waals surface area contributed by atoms with Crippen molar-refractivity contribution in [2.75, 3.05) is 0 Å². The monoisotopic (exact) mass is 207 g/mol. The summed E-state index contributed by atoms with van der Waals surface area (Å²) >= 11 is 0. The Morgan fingerprint density at radius 1 is 0.750 bits per heavy atom. The van der Waals surface area contributed by atoms with Crippen molar-refractivity contribution >= 4 is 6.08 Å². The van der Waals surface area contributed by atoms with Gasteiger partial charge in [0.2, 0.25) is 0 Å². The zero-order valence-electron chi connectivity index (χ0n) is 9.27. The van der Waals surface area contributed by atoms with Crippen LogP contribution in [0.5, 0.6) is 0 Å². The van der Waals surface area contributed by atoms with E-state index in [-0.39, 0.29) is 0 Å². The van der Waals surface area contributed by atoms with E-state index in [1.54, 1.807) is 6.08 Å². The lowest BCUT2D eigenvalue weighted by molar-refractivity contribution is 0.960. The molecule has 1 radical (unpaired) electrons. The summed E-state index contributed by atoms with van der Waals surface area (Å²) in [4.78, 5) is 0. The summed E-state index contributed by atoms with van der Waals surface area (Å²) in [5.74, 6) is 0. The molecule has 0 saturated carbocycles. The molecule has 2 aromatic rings. The third kappa shape index (κ3) is 2.83. The Labute approximate surface area is 97.3 Å². The van der Waals surface area contributed by atoms with E-state index in [4.69, 9.17) is 6.58 Å². The van der Waals surface area contributed by atoms with Crippen molar-refractivity contribution in [2.24, 2.45) is 0 Å². The van der Waals surface area contributed by atoms with Gasteiger partial charge in [0.05, 0.1) is 0 Å². The minimum Gasteiger partial charge on any atom is -0.0622 e. The number of benzene rings is 2. The minimum absolute atomic E-state index is 1.07. The zero-order chi connectivity index (χ0) is 11.2. The average molecular weight is 207 g/mol. The third-order valence-corrected chi connectivity index (χ3v) is 2.72. The van der Waals surface area contributed by atoms with Crippen LogP contribution in [0.25, 0.3) is 6.08 Å². The molecule has 0 saturated heterocycles. The molecule has 0 nitrogen and oxygen atoms in total. The van der Waals surface area contributed by atoms with Gasteiger partial charge in [0.1, 0.15) is 0 Å². The maximum absolute atomic E-state index is 5.44. The topological polar surface area (TPSA) is 0 Å². The van der Waals surface area contributed by atoms with Crippen LogP contribution in [0.15, 0.2) is 54.6 Å². The molecule has 0 fully saturated rings. The van der Waals surface area contributed by atoms with Crippen LogP contribution in [0.2, 0.25) is 0 Å². The fraction of sp³-hybridized carbons (Fsp3) is 0.125. The normalized spacial score (nSPS) is 10.0. The summed E-state index contributed by atoms with van der Waals surface area (Å²) in [6.45, 7) is 5.44. The first-order valence-corrected chi connectivity index (χ1v) is 5.56. The first kappa shape index (κ1) is 10.7. The molecule has 0 spiro atoms. The molecule has 0 N–H and O–H groups in total. The van der Waals surface area contributed by atoms with E-state index < -0.39 is 0 Å². The molecule has 0 aliphatic rings. The van der Waals surface area contributed by atoms with Gasteiger partial charge in [-0.15, -0.1) is 0 Å². The summed E-state index contributed by atoms with van der Waals surface area (Å²) < 4.78 is 0. The Balaban J connectivity index is 1.97. The van der Waals surface area contributed by atoms with Gasteiger partial charge in [-0.25, -0.2) is 0 Å². The molecule has 79 valence electrons. The van der Waals surface area contributed by atoms with Gasteiger partial charge in [0, 0.05) is 0 Å². The van der Waals surface area contributed by atoms with Crippen LogP contribution in [0.3, 0.4) is 0 Å². The highest BCUT2D eigenvalue weighted by atomic mass is 14.0. The maximum Gasteiger partial charge on any atom is -0.0238 e. The number of hydrogen-bond acceptors (Lipinski definition) is 0. The largest absolute Gasteiger partial charge is 0.0622 e. The lowest BCUT2D eigenvalue weighted by atomic mass is 10.0. The molecule has 16 heavy (non-hydrogen) atoms. The molecular weight excluding hydrogens is 192 g/mol. The zero-order valence-corrected chi connectivity index (χ0v) is 9.27. The van der Waals surface area contributed by atoms with E-state index in [9.17, 15) is 0 Å². The van der Waals surface area contributed by atoms with Gasteiger partial charge in [0.25, 0.3) is 0 Å². The predicted molar refractivity (Wildman–Crippen MR) is 69.1 cm³/mol. The van der Waals surface area contributed by atoms with E-state index in [2.05, 4.69) is 54.6 Å². The van der Waals surface area contributed by atoms with Crippen molar-refractivity contribution in [3.63, 3.8) is 0 Å². The van der Waals surface area contributed by atoms with Crippen LogP contribution in [-0.4, -0.2) is 0 Å². The van der Waals surface area contributed by atoms with Crippen LogP contribution in [0, 0.1) is 6.58 Å². The fourth-order valence-corrected chi connectivity index (χ4v) is 1.73. The standard InChI is InChI=1S/C16H15/c1-2-14-8-10-16(11-9-14)13-12-15-6-4-3-5-7-15/h1-11H,12-13H2. The van der Waals surface area contributed by atoms with Gasteiger partial charge in [-0.1, -0.05) is 67.3 Å². The molecule has 0 aliphatic carbocycles. The highest BCUT2D eigenvalue weighted by Gasteiger charge is 1.95. The summed E-state index contributed by atoms with van der Waals surface area (Å²) in [7, 11) is 0. The lowest BCUT2D eigenvalue weighted by Gasteiger charge is -2.02. The average Bonchev–Trinajstić information content (AvgIpc) is 2.38. The van der Waals surface area contributed by atoms with E-state index in [1.807, 2.05) is 0 Å². The number of aryl methyl sites for hydroxylation is 2. The van der Waals surface area contributed by atoms with E-state index in [0.717, 1.165) is 18.4 Å². The second kappa shape index (κ2) is 5.32. The third-order valence-electron chi connectivity index (χ3n) is 2.72. The summed E-state index contributed by atoms with van der Waals surface area (Å²) in [5.41, 5.74) is 3.81. The lowest BCUT2D eigenvalue weighted by Crippen LogP contribution is -1.90. The number of hydrogen-bond donors (Lipinski definition) is 0.